The van der Waals surface area contributed by atoms with Crippen molar-refractivity contribution in [3.8, 4) is 0 Å². The molecule has 0 bridgehead atoms. The molecule has 1 atom stereocenters. The Morgan fingerprint density at radius 2 is 1.88 bits per heavy atom. The normalized spacial score (nSPS) is 18.0. The van der Waals surface area contributed by atoms with Crippen LogP contribution in [-0.4, -0.2) is 43.3 Å². The van der Waals surface area contributed by atoms with Gasteiger partial charge in [-0.25, -0.2) is 4.39 Å². The van der Waals surface area contributed by atoms with Gasteiger partial charge in [-0.2, -0.15) is 0 Å². The first kappa shape index (κ1) is 17.6. The number of esters is 1. The number of carbonyl (C=O) groups excluding carboxylic acids is 1. The molecule has 1 fully saturated rings. The molecular weight excluding hydrogens is 321 g/mol. The Kier molecular flexibility index (Phi) is 6.14. The average Bonchev–Trinajstić information content (AvgIpc) is 2.63. The van der Waals surface area contributed by atoms with Crippen molar-refractivity contribution in [2.45, 2.75) is 19.1 Å². The minimum absolute atomic E-state index is 0.116. The van der Waals surface area contributed by atoms with Gasteiger partial charge in [-0.1, -0.05) is 42.5 Å². The highest BCUT2D eigenvalue weighted by Crippen LogP contribution is 2.11. The highest BCUT2D eigenvalue weighted by atomic mass is 19.1. The van der Waals surface area contributed by atoms with Crippen LogP contribution < -0.4 is 0 Å². The first-order valence-electron chi connectivity index (χ1n) is 8.47. The van der Waals surface area contributed by atoms with E-state index in [1.54, 1.807) is 12.1 Å². The van der Waals surface area contributed by atoms with Crippen LogP contribution in [0.5, 0.6) is 0 Å². The van der Waals surface area contributed by atoms with Crippen molar-refractivity contribution in [3.05, 3.63) is 71.5 Å². The number of carbonyl (C=O) groups is 1. The van der Waals surface area contributed by atoms with Crippen LogP contribution in [0.4, 0.5) is 4.39 Å². The lowest BCUT2D eigenvalue weighted by Gasteiger charge is -2.32. The standard InChI is InChI=1S/C20H22FNO3/c21-18-8-6-16(7-9-18)12-20(23)25-15-19-14-22(10-11-24-19)13-17-4-2-1-3-5-17/h1-9,19H,10-15H2. The molecule has 0 radical (unpaired) electrons. The predicted octanol–water partition coefficient (Wildman–Crippen LogP) is 2.81. The summed E-state index contributed by atoms with van der Waals surface area (Å²) in [5.41, 5.74) is 2.00. The summed E-state index contributed by atoms with van der Waals surface area (Å²) in [7, 11) is 0. The lowest BCUT2D eigenvalue weighted by Crippen LogP contribution is -2.44. The number of morpholine rings is 1. The second-order valence-corrected chi connectivity index (χ2v) is 6.20. The zero-order chi connectivity index (χ0) is 17.5. The zero-order valence-electron chi connectivity index (χ0n) is 14.1. The molecule has 2 aromatic carbocycles. The maximum atomic E-state index is 12.9. The Morgan fingerprint density at radius 3 is 2.64 bits per heavy atom. The van der Waals surface area contributed by atoms with Crippen LogP contribution in [0.2, 0.25) is 0 Å². The lowest BCUT2D eigenvalue weighted by atomic mass is 10.1. The number of hydrogen-bond acceptors (Lipinski definition) is 4. The van der Waals surface area contributed by atoms with E-state index < -0.39 is 0 Å². The first-order chi connectivity index (χ1) is 12.2. The molecule has 0 saturated carbocycles. The van der Waals surface area contributed by atoms with Gasteiger partial charge in [-0.15, -0.1) is 0 Å². The van der Waals surface area contributed by atoms with E-state index in [1.807, 2.05) is 18.2 Å². The zero-order valence-corrected chi connectivity index (χ0v) is 14.1. The Balaban J connectivity index is 1.43. The maximum absolute atomic E-state index is 12.9. The fourth-order valence-electron chi connectivity index (χ4n) is 2.87. The summed E-state index contributed by atoms with van der Waals surface area (Å²) in [5.74, 6) is -0.637. The molecule has 0 aliphatic carbocycles. The SMILES string of the molecule is O=C(Cc1ccc(F)cc1)OCC1CN(Cc2ccccc2)CCO1. The van der Waals surface area contributed by atoms with E-state index >= 15 is 0 Å². The molecular formula is C20H22FNO3. The van der Waals surface area contributed by atoms with Crippen LogP contribution in [0.3, 0.4) is 0 Å². The fraction of sp³-hybridized carbons (Fsp3) is 0.350. The third kappa shape index (κ3) is 5.66. The topological polar surface area (TPSA) is 38.8 Å². The molecule has 1 aliphatic heterocycles. The van der Waals surface area contributed by atoms with Gasteiger partial charge < -0.3 is 9.47 Å². The average molecular weight is 343 g/mol. The molecule has 0 amide bonds. The van der Waals surface area contributed by atoms with Crippen LogP contribution in [0.1, 0.15) is 11.1 Å². The molecule has 5 heteroatoms. The third-order valence-corrected chi connectivity index (χ3v) is 4.16. The summed E-state index contributed by atoms with van der Waals surface area (Å²) in [5, 5.41) is 0. The van der Waals surface area contributed by atoms with Crippen molar-refractivity contribution in [2.75, 3.05) is 26.3 Å². The van der Waals surface area contributed by atoms with Gasteiger partial charge in [0.2, 0.25) is 0 Å². The molecule has 1 unspecified atom stereocenters. The molecule has 0 spiro atoms. The monoisotopic (exact) mass is 343 g/mol. The Morgan fingerprint density at radius 1 is 1.12 bits per heavy atom. The third-order valence-electron chi connectivity index (χ3n) is 4.16. The Bertz CT molecular complexity index is 675. The molecule has 4 nitrogen and oxygen atoms in total. The number of halogens is 1. The number of ether oxygens (including phenoxy) is 2. The van der Waals surface area contributed by atoms with Crippen LogP contribution in [-0.2, 0) is 27.2 Å². The van der Waals surface area contributed by atoms with Gasteiger partial charge >= 0.3 is 5.97 Å². The minimum Gasteiger partial charge on any atom is -0.463 e. The van der Waals surface area contributed by atoms with E-state index in [0.717, 1.165) is 25.2 Å². The summed E-state index contributed by atoms with van der Waals surface area (Å²) in [6, 6.07) is 16.1. The molecule has 2 aromatic rings. The van der Waals surface area contributed by atoms with E-state index in [-0.39, 0.29) is 30.9 Å². The van der Waals surface area contributed by atoms with E-state index in [2.05, 4.69) is 17.0 Å². The molecule has 1 aliphatic rings. The summed E-state index contributed by atoms with van der Waals surface area (Å²) < 4.78 is 23.9. The highest BCUT2D eigenvalue weighted by Gasteiger charge is 2.22. The fourth-order valence-corrected chi connectivity index (χ4v) is 2.87. The van der Waals surface area contributed by atoms with Crippen LogP contribution in [0, 0.1) is 5.82 Å². The Hall–Kier alpha value is -2.24. The van der Waals surface area contributed by atoms with E-state index in [4.69, 9.17) is 9.47 Å². The number of benzene rings is 2. The minimum atomic E-state index is -0.324. The molecule has 1 heterocycles. The summed E-state index contributed by atoms with van der Waals surface area (Å²) in [6.45, 7) is 3.34. The summed E-state index contributed by atoms with van der Waals surface area (Å²) in [4.78, 5) is 14.2. The van der Waals surface area contributed by atoms with Gasteiger partial charge in [0.05, 0.1) is 13.0 Å². The van der Waals surface area contributed by atoms with E-state index in [9.17, 15) is 9.18 Å². The second kappa shape index (κ2) is 8.74. The summed E-state index contributed by atoms with van der Waals surface area (Å²) >= 11 is 0. The highest BCUT2D eigenvalue weighted by molar-refractivity contribution is 5.72. The van der Waals surface area contributed by atoms with E-state index in [0.29, 0.717) is 6.61 Å². The summed E-state index contributed by atoms with van der Waals surface area (Å²) in [6.07, 6.45) is 0.0235. The second-order valence-electron chi connectivity index (χ2n) is 6.20. The van der Waals surface area contributed by atoms with Crippen molar-refractivity contribution in [1.82, 2.24) is 4.90 Å². The number of rotatable bonds is 6. The molecule has 0 N–H and O–H groups in total. The predicted molar refractivity (Wildman–Crippen MR) is 92.5 cm³/mol. The molecule has 3 rings (SSSR count). The lowest BCUT2D eigenvalue weighted by molar-refractivity contribution is -0.149. The van der Waals surface area contributed by atoms with E-state index in [1.165, 1.54) is 17.7 Å². The van der Waals surface area contributed by atoms with Crippen molar-refractivity contribution >= 4 is 5.97 Å². The van der Waals surface area contributed by atoms with Gasteiger partial charge in [0.15, 0.2) is 0 Å². The van der Waals surface area contributed by atoms with Crippen molar-refractivity contribution in [3.63, 3.8) is 0 Å². The Labute approximate surface area is 147 Å². The molecule has 1 saturated heterocycles. The number of hydrogen-bond donors (Lipinski definition) is 0. The van der Waals surface area contributed by atoms with Gasteiger partial charge in [0.25, 0.3) is 0 Å². The van der Waals surface area contributed by atoms with Crippen LogP contribution >= 0.6 is 0 Å². The smallest absolute Gasteiger partial charge is 0.310 e. The largest absolute Gasteiger partial charge is 0.463 e. The molecule has 0 aromatic heterocycles. The van der Waals surface area contributed by atoms with Crippen molar-refractivity contribution in [2.24, 2.45) is 0 Å². The first-order valence-corrected chi connectivity index (χ1v) is 8.47. The van der Waals surface area contributed by atoms with Gasteiger partial charge in [-0.3, -0.25) is 9.69 Å². The maximum Gasteiger partial charge on any atom is 0.310 e. The van der Waals surface area contributed by atoms with Gasteiger partial charge in [0, 0.05) is 19.6 Å². The molecule has 25 heavy (non-hydrogen) atoms. The van der Waals surface area contributed by atoms with Gasteiger partial charge in [0.1, 0.15) is 18.5 Å². The quantitative estimate of drug-likeness (QED) is 0.756. The van der Waals surface area contributed by atoms with Crippen LogP contribution in [0.15, 0.2) is 54.6 Å². The van der Waals surface area contributed by atoms with Crippen molar-refractivity contribution in [1.29, 1.82) is 0 Å². The number of nitrogens with zero attached hydrogens (tertiary/aromatic N) is 1. The van der Waals surface area contributed by atoms with Crippen molar-refractivity contribution < 1.29 is 18.7 Å². The van der Waals surface area contributed by atoms with Crippen LogP contribution in [0.25, 0.3) is 0 Å². The van der Waals surface area contributed by atoms with Gasteiger partial charge in [-0.05, 0) is 23.3 Å². The molecule has 132 valence electrons.